The van der Waals surface area contributed by atoms with Gasteiger partial charge >= 0.3 is 0 Å². The maximum absolute atomic E-state index is 12.5. The summed E-state index contributed by atoms with van der Waals surface area (Å²) in [7, 11) is -3.57. The van der Waals surface area contributed by atoms with Gasteiger partial charge in [0, 0.05) is 29.2 Å². The molecule has 29 heavy (non-hydrogen) atoms. The zero-order valence-electron chi connectivity index (χ0n) is 16.0. The highest BCUT2D eigenvalue weighted by Crippen LogP contribution is 2.26. The Labute approximate surface area is 174 Å². The molecule has 3 heterocycles. The van der Waals surface area contributed by atoms with Crippen molar-refractivity contribution in [3.63, 3.8) is 0 Å². The van der Waals surface area contributed by atoms with Crippen LogP contribution < -0.4 is 9.62 Å². The van der Waals surface area contributed by atoms with Gasteiger partial charge in [-0.2, -0.15) is 0 Å². The first-order valence-corrected chi connectivity index (χ1v) is 11.7. The molecule has 0 bridgehead atoms. The van der Waals surface area contributed by atoms with Gasteiger partial charge in [0.15, 0.2) is 5.82 Å². The maximum atomic E-state index is 12.5. The molecule has 152 valence electrons. The molecular weight excluding hydrogens is 408 g/mol. The second-order valence-corrected chi connectivity index (χ2v) is 9.71. The number of nitrogens with zero attached hydrogens (tertiary/aromatic N) is 3. The molecule has 0 spiro atoms. The molecule has 1 aliphatic rings. The molecule has 2 aromatic heterocycles. The third kappa shape index (κ3) is 4.58. The second kappa shape index (κ2) is 8.48. The van der Waals surface area contributed by atoms with Crippen molar-refractivity contribution in [2.75, 3.05) is 35.9 Å². The molecule has 0 atom stereocenters. The fourth-order valence-electron chi connectivity index (χ4n) is 3.05. The largest absolute Gasteiger partial charge is 0.378 e. The Balaban J connectivity index is 1.46. The van der Waals surface area contributed by atoms with E-state index >= 15 is 0 Å². The molecule has 0 unspecified atom stereocenters. The minimum atomic E-state index is -3.57. The van der Waals surface area contributed by atoms with Gasteiger partial charge in [0.1, 0.15) is 4.21 Å². The van der Waals surface area contributed by atoms with Crippen molar-refractivity contribution in [2.45, 2.75) is 17.6 Å². The van der Waals surface area contributed by atoms with E-state index in [1.807, 2.05) is 37.3 Å². The molecule has 9 heteroatoms. The van der Waals surface area contributed by atoms with E-state index < -0.39 is 10.0 Å². The summed E-state index contributed by atoms with van der Waals surface area (Å²) < 4.78 is 33.4. The standard InChI is InChI=1S/C20H22N4O3S2/c1-2-17-7-10-20(28-17)29(25,26)23-16-5-3-15(4-6-16)18-8-9-19(22-21-18)24-11-13-27-14-12-24/h3-10,23H,2,11-14H2,1H3. The zero-order chi connectivity index (χ0) is 20.3. The van der Waals surface area contributed by atoms with Gasteiger partial charge in [-0.05, 0) is 42.8 Å². The summed E-state index contributed by atoms with van der Waals surface area (Å²) >= 11 is 1.29. The average Bonchev–Trinajstić information content (AvgIpc) is 3.25. The number of aromatic nitrogens is 2. The molecule has 0 aliphatic carbocycles. The van der Waals surface area contributed by atoms with Crippen molar-refractivity contribution < 1.29 is 13.2 Å². The maximum Gasteiger partial charge on any atom is 0.271 e. The first-order valence-electron chi connectivity index (χ1n) is 9.43. The van der Waals surface area contributed by atoms with Crippen LogP contribution in [-0.2, 0) is 21.2 Å². The Morgan fingerprint density at radius 3 is 2.41 bits per heavy atom. The third-order valence-corrected chi connectivity index (χ3v) is 7.77. The molecule has 1 fully saturated rings. The van der Waals surface area contributed by atoms with Gasteiger partial charge < -0.3 is 9.64 Å². The Morgan fingerprint density at radius 2 is 1.79 bits per heavy atom. The number of ether oxygens (including phenoxy) is 1. The number of nitrogens with one attached hydrogen (secondary N) is 1. The van der Waals surface area contributed by atoms with Crippen LogP contribution in [0.25, 0.3) is 11.3 Å². The number of hydrogen-bond donors (Lipinski definition) is 1. The summed E-state index contributed by atoms with van der Waals surface area (Å²) in [5.74, 6) is 0.837. The summed E-state index contributed by atoms with van der Waals surface area (Å²) in [6, 6.07) is 14.5. The van der Waals surface area contributed by atoms with Gasteiger partial charge in [-0.15, -0.1) is 21.5 Å². The van der Waals surface area contributed by atoms with Gasteiger partial charge in [0.25, 0.3) is 10.0 Å². The molecule has 4 rings (SSSR count). The zero-order valence-corrected chi connectivity index (χ0v) is 17.7. The molecule has 7 nitrogen and oxygen atoms in total. The predicted molar refractivity (Wildman–Crippen MR) is 115 cm³/mol. The Kier molecular flexibility index (Phi) is 5.79. The molecule has 0 amide bonds. The van der Waals surface area contributed by atoms with Gasteiger partial charge in [0.2, 0.25) is 0 Å². The van der Waals surface area contributed by atoms with Crippen LogP contribution in [-0.4, -0.2) is 44.9 Å². The van der Waals surface area contributed by atoms with Gasteiger partial charge in [-0.25, -0.2) is 8.42 Å². The quantitative estimate of drug-likeness (QED) is 0.645. The van der Waals surface area contributed by atoms with Crippen LogP contribution in [0.5, 0.6) is 0 Å². The Hall–Kier alpha value is -2.49. The monoisotopic (exact) mass is 430 g/mol. The summed E-state index contributed by atoms with van der Waals surface area (Å²) in [4.78, 5) is 3.19. The van der Waals surface area contributed by atoms with Crippen LogP contribution in [0.2, 0.25) is 0 Å². The summed E-state index contributed by atoms with van der Waals surface area (Å²) in [5.41, 5.74) is 2.12. The number of rotatable bonds is 6. The third-order valence-electron chi connectivity index (χ3n) is 4.67. The summed E-state index contributed by atoms with van der Waals surface area (Å²) in [6.45, 7) is 5.03. The van der Waals surface area contributed by atoms with E-state index in [0.29, 0.717) is 23.1 Å². The number of benzene rings is 1. The van der Waals surface area contributed by atoms with Gasteiger partial charge in [-0.1, -0.05) is 19.1 Å². The molecule has 1 N–H and O–H groups in total. The molecule has 0 saturated carbocycles. The minimum absolute atomic E-state index is 0.322. The Bertz CT molecular complexity index is 1060. The minimum Gasteiger partial charge on any atom is -0.378 e. The van der Waals surface area contributed by atoms with E-state index in [-0.39, 0.29) is 0 Å². The summed E-state index contributed by atoms with van der Waals surface area (Å²) in [6.07, 6.45) is 0.820. The lowest BCUT2D eigenvalue weighted by Gasteiger charge is -2.27. The number of thiophene rings is 1. The van der Waals surface area contributed by atoms with Crippen molar-refractivity contribution in [1.29, 1.82) is 0 Å². The molecule has 0 radical (unpaired) electrons. The van der Waals surface area contributed by atoms with Crippen LogP contribution >= 0.6 is 11.3 Å². The van der Waals surface area contributed by atoms with Gasteiger partial charge in [0.05, 0.1) is 18.9 Å². The van der Waals surface area contributed by atoms with Crippen LogP contribution in [0.1, 0.15) is 11.8 Å². The van der Waals surface area contributed by atoms with Crippen LogP contribution in [0, 0.1) is 0 Å². The SMILES string of the molecule is CCc1ccc(S(=O)(=O)Nc2ccc(-c3ccc(N4CCOCC4)nn3)cc2)s1. The topological polar surface area (TPSA) is 84.4 Å². The van der Waals surface area contributed by atoms with Crippen LogP contribution in [0.3, 0.4) is 0 Å². The fourth-order valence-corrected chi connectivity index (χ4v) is 5.40. The predicted octanol–water partition coefficient (Wildman–Crippen LogP) is 3.40. The van der Waals surface area contributed by atoms with Crippen molar-refractivity contribution in [3.05, 3.63) is 53.4 Å². The molecular formula is C20H22N4O3S2. The number of hydrogen-bond acceptors (Lipinski definition) is 7. The van der Waals surface area contributed by atoms with E-state index in [9.17, 15) is 8.42 Å². The molecule has 3 aromatic rings. The normalized spacial score (nSPS) is 14.7. The van der Waals surface area contributed by atoms with Crippen LogP contribution in [0.15, 0.2) is 52.7 Å². The van der Waals surface area contributed by atoms with E-state index in [1.54, 1.807) is 18.2 Å². The van der Waals surface area contributed by atoms with Crippen molar-refractivity contribution in [3.8, 4) is 11.3 Å². The Morgan fingerprint density at radius 1 is 1.03 bits per heavy atom. The van der Waals surface area contributed by atoms with E-state index in [4.69, 9.17) is 4.74 Å². The number of sulfonamides is 1. The average molecular weight is 431 g/mol. The highest BCUT2D eigenvalue weighted by Gasteiger charge is 2.17. The number of aryl methyl sites for hydroxylation is 1. The second-order valence-electron chi connectivity index (χ2n) is 6.63. The van der Waals surface area contributed by atoms with Crippen molar-refractivity contribution in [2.24, 2.45) is 0 Å². The van der Waals surface area contributed by atoms with Crippen molar-refractivity contribution >= 4 is 32.9 Å². The van der Waals surface area contributed by atoms with E-state index in [2.05, 4.69) is 19.8 Å². The van der Waals surface area contributed by atoms with Gasteiger partial charge in [-0.3, -0.25) is 4.72 Å². The highest BCUT2D eigenvalue weighted by molar-refractivity contribution is 7.94. The smallest absolute Gasteiger partial charge is 0.271 e. The number of morpholine rings is 1. The summed E-state index contributed by atoms with van der Waals surface area (Å²) in [5, 5.41) is 8.64. The molecule has 1 aromatic carbocycles. The lowest BCUT2D eigenvalue weighted by atomic mass is 10.1. The van der Waals surface area contributed by atoms with E-state index in [1.165, 1.54) is 11.3 Å². The lowest BCUT2D eigenvalue weighted by molar-refractivity contribution is 0.122. The fraction of sp³-hybridized carbons (Fsp3) is 0.300. The van der Waals surface area contributed by atoms with E-state index in [0.717, 1.165) is 41.5 Å². The molecule has 1 saturated heterocycles. The first-order chi connectivity index (χ1) is 14.0. The lowest BCUT2D eigenvalue weighted by Crippen LogP contribution is -2.36. The van der Waals surface area contributed by atoms with Crippen LogP contribution in [0.4, 0.5) is 11.5 Å². The number of anilines is 2. The highest BCUT2D eigenvalue weighted by atomic mass is 32.2. The first kappa shape index (κ1) is 19.8. The molecule has 1 aliphatic heterocycles. The van der Waals surface area contributed by atoms with Crippen molar-refractivity contribution in [1.82, 2.24) is 10.2 Å².